The average Bonchev–Trinajstić information content (AvgIpc) is 2.45. The summed E-state index contributed by atoms with van der Waals surface area (Å²) in [4.78, 5) is 11.6. The van der Waals surface area contributed by atoms with E-state index in [4.69, 9.17) is 21.1 Å². The van der Waals surface area contributed by atoms with Gasteiger partial charge in [-0.05, 0) is 17.7 Å². The van der Waals surface area contributed by atoms with Gasteiger partial charge in [0.05, 0.1) is 13.3 Å². The van der Waals surface area contributed by atoms with Crippen molar-refractivity contribution in [1.82, 2.24) is 9.78 Å². The largest absolute Gasteiger partial charge is 0.497 e. The van der Waals surface area contributed by atoms with Crippen LogP contribution in [0.15, 0.2) is 35.3 Å². The first-order valence-electron chi connectivity index (χ1n) is 5.59. The van der Waals surface area contributed by atoms with E-state index in [2.05, 4.69) is 5.10 Å². The molecule has 19 heavy (non-hydrogen) atoms. The molecule has 1 aromatic carbocycles. The molecule has 1 aromatic heterocycles. The molecule has 100 valence electrons. The average molecular weight is 281 g/mol. The molecule has 1 heterocycles. The van der Waals surface area contributed by atoms with Gasteiger partial charge < -0.3 is 9.47 Å². The van der Waals surface area contributed by atoms with Crippen molar-refractivity contribution in [3.63, 3.8) is 0 Å². The number of methoxy groups -OCH3 is 1. The summed E-state index contributed by atoms with van der Waals surface area (Å²) in [7, 11) is 3.14. The van der Waals surface area contributed by atoms with Gasteiger partial charge in [-0.25, -0.2) is 4.68 Å². The number of halogens is 1. The third-order valence-electron chi connectivity index (χ3n) is 2.60. The Bertz CT molecular complexity index is 623. The molecular formula is C13H13ClN2O3. The van der Waals surface area contributed by atoms with E-state index in [0.29, 0.717) is 6.61 Å². The van der Waals surface area contributed by atoms with Gasteiger partial charge in [0.1, 0.15) is 12.4 Å². The van der Waals surface area contributed by atoms with Gasteiger partial charge >= 0.3 is 0 Å². The number of aryl methyl sites for hydroxylation is 1. The fraction of sp³-hybridized carbons (Fsp3) is 0.231. The highest BCUT2D eigenvalue weighted by Gasteiger charge is 2.08. The molecule has 0 saturated heterocycles. The van der Waals surface area contributed by atoms with Crippen LogP contribution < -0.4 is 15.0 Å². The van der Waals surface area contributed by atoms with E-state index in [1.165, 1.54) is 13.2 Å². The van der Waals surface area contributed by atoms with Crippen LogP contribution >= 0.6 is 11.6 Å². The van der Waals surface area contributed by atoms with Crippen LogP contribution in [0.2, 0.25) is 5.02 Å². The number of hydrogen-bond donors (Lipinski definition) is 0. The molecule has 0 aliphatic rings. The molecule has 0 aliphatic heterocycles. The molecule has 0 spiro atoms. The van der Waals surface area contributed by atoms with E-state index in [-0.39, 0.29) is 16.3 Å². The van der Waals surface area contributed by atoms with Crippen LogP contribution in [0.5, 0.6) is 11.5 Å². The third-order valence-corrected chi connectivity index (χ3v) is 2.95. The predicted octanol–water partition coefficient (Wildman–Crippen LogP) is 2.02. The molecule has 0 atom stereocenters. The summed E-state index contributed by atoms with van der Waals surface area (Å²) in [5.41, 5.74) is 0.562. The van der Waals surface area contributed by atoms with Gasteiger partial charge in [0.25, 0.3) is 5.56 Å². The van der Waals surface area contributed by atoms with Gasteiger partial charge in [-0.1, -0.05) is 23.7 Å². The van der Waals surface area contributed by atoms with Crippen molar-refractivity contribution in [2.24, 2.45) is 7.05 Å². The van der Waals surface area contributed by atoms with Gasteiger partial charge in [-0.15, -0.1) is 0 Å². The summed E-state index contributed by atoms with van der Waals surface area (Å²) in [5, 5.41) is 3.89. The molecule has 0 amide bonds. The molecule has 0 radical (unpaired) electrons. The van der Waals surface area contributed by atoms with Gasteiger partial charge in [-0.2, -0.15) is 5.10 Å². The first-order chi connectivity index (χ1) is 9.11. The minimum atomic E-state index is -0.381. The minimum Gasteiger partial charge on any atom is -0.497 e. The van der Waals surface area contributed by atoms with Crippen LogP contribution in [0.4, 0.5) is 0 Å². The number of ether oxygens (including phenoxy) is 2. The second-order valence-electron chi connectivity index (χ2n) is 3.89. The molecule has 5 nitrogen and oxygen atoms in total. The molecule has 2 rings (SSSR count). The fourth-order valence-corrected chi connectivity index (χ4v) is 1.70. The Kier molecular flexibility index (Phi) is 4.06. The highest BCUT2D eigenvalue weighted by molar-refractivity contribution is 6.31. The van der Waals surface area contributed by atoms with Crippen LogP contribution in [-0.4, -0.2) is 16.9 Å². The van der Waals surface area contributed by atoms with E-state index in [0.717, 1.165) is 16.0 Å². The Morgan fingerprint density at radius 3 is 2.63 bits per heavy atom. The van der Waals surface area contributed by atoms with E-state index >= 15 is 0 Å². The van der Waals surface area contributed by atoms with E-state index < -0.39 is 0 Å². The number of nitrogens with zero attached hydrogens (tertiary/aromatic N) is 2. The van der Waals surface area contributed by atoms with Gasteiger partial charge in [0.15, 0.2) is 10.8 Å². The summed E-state index contributed by atoms with van der Waals surface area (Å²) in [5.74, 6) is 1.05. The third kappa shape index (κ3) is 3.06. The Morgan fingerprint density at radius 1 is 1.32 bits per heavy atom. The molecule has 0 saturated carbocycles. The summed E-state index contributed by atoms with van der Waals surface area (Å²) >= 11 is 5.89. The van der Waals surface area contributed by atoms with E-state index in [1.54, 1.807) is 7.11 Å². The summed E-state index contributed by atoms with van der Waals surface area (Å²) in [6.45, 7) is 0.304. The molecule has 0 unspecified atom stereocenters. The quantitative estimate of drug-likeness (QED) is 0.860. The van der Waals surface area contributed by atoms with Crippen molar-refractivity contribution in [2.45, 2.75) is 6.61 Å². The summed E-state index contributed by atoms with van der Waals surface area (Å²) in [6, 6.07) is 7.42. The maximum Gasteiger partial charge on any atom is 0.289 e. The Hall–Kier alpha value is -2.01. The molecule has 0 aliphatic carbocycles. The maximum atomic E-state index is 11.6. The van der Waals surface area contributed by atoms with Gasteiger partial charge in [0, 0.05) is 7.05 Å². The first kappa shape index (κ1) is 13.4. The van der Waals surface area contributed by atoms with Crippen molar-refractivity contribution in [2.75, 3.05) is 7.11 Å². The van der Waals surface area contributed by atoms with E-state index in [1.807, 2.05) is 24.3 Å². The minimum absolute atomic E-state index is 0.0333. The Labute approximate surface area is 115 Å². The number of benzene rings is 1. The SMILES string of the molecule is COc1ccc(COc2cnn(C)c(=O)c2Cl)cc1. The standard InChI is InChI=1S/C13H13ClN2O3/c1-16-13(17)12(14)11(7-15-16)19-8-9-3-5-10(18-2)6-4-9/h3-7H,8H2,1-2H3. The second kappa shape index (κ2) is 5.75. The highest BCUT2D eigenvalue weighted by Crippen LogP contribution is 2.20. The molecule has 0 bridgehead atoms. The molecule has 2 aromatic rings. The normalized spacial score (nSPS) is 10.3. The predicted molar refractivity (Wildman–Crippen MR) is 71.8 cm³/mol. The molecular weight excluding hydrogens is 268 g/mol. The lowest BCUT2D eigenvalue weighted by atomic mass is 10.2. The zero-order valence-electron chi connectivity index (χ0n) is 10.6. The molecule has 0 fully saturated rings. The van der Waals surface area contributed by atoms with Gasteiger partial charge in [-0.3, -0.25) is 4.79 Å². The number of aromatic nitrogens is 2. The summed E-state index contributed by atoms with van der Waals surface area (Å²) < 4.78 is 11.7. The van der Waals surface area contributed by atoms with Crippen molar-refractivity contribution in [1.29, 1.82) is 0 Å². The highest BCUT2D eigenvalue weighted by atomic mass is 35.5. The topological polar surface area (TPSA) is 53.4 Å². The fourth-order valence-electron chi connectivity index (χ4n) is 1.48. The lowest BCUT2D eigenvalue weighted by Crippen LogP contribution is -2.20. The zero-order chi connectivity index (χ0) is 13.8. The van der Waals surface area contributed by atoms with Crippen molar-refractivity contribution in [3.8, 4) is 11.5 Å². The lowest BCUT2D eigenvalue weighted by Gasteiger charge is -2.08. The summed E-state index contributed by atoms with van der Waals surface area (Å²) in [6.07, 6.45) is 1.42. The molecule has 6 heteroatoms. The zero-order valence-corrected chi connectivity index (χ0v) is 11.3. The smallest absolute Gasteiger partial charge is 0.289 e. The Morgan fingerprint density at radius 2 is 2.00 bits per heavy atom. The van der Waals surface area contributed by atoms with Crippen molar-refractivity contribution < 1.29 is 9.47 Å². The number of rotatable bonds is 4. The van der Waals surface area contributed by atoms with Crippen LogP contribution in [-0.2, 0) is 13.7 Å². The van der Waals surface area contributed by atoms with Crippen LogP contribution in [0.3, 0.4) is 0 Å². The van der Waals surface area contributed by atoms with Crippen LogP contribution in [0.1, 0.15) is 5.56 Å². The van der Waals surface area contributed by atoms with Crippen LogP contribution in [0.25, 0.3) is 0 Å². The number of hydrogen-bond acceptors (Lipinski definition) is 4. The maximum absolute atomic E-state index is 11.6. The first-order valence-corrected chi connectivity index (χ1v) is 5.97. The monoisotopic (exact) mass is 280 g/mol. The Balaban J connectivity index is 2.10. The van der Waals surface area contributed by atoms with Crippen LogP contribution in [0, 0.1) is 0 Å². The van der Waals surface area contributed by atoms with Gasteiger partial charge in [0.2, 0.25) is 0 Å². The van der Waals surface area contributed by atoms with Crippen molar-refractivity contribution >= 4 is 11.6 Å². The second-order valence-corrected chi connectivity index (χ2v) is 4.27. The van der Waals surface area contributed by atoms with Crippen molar-refractivity contribution in [3.05, 3.63) is 51.4 Å². The lowest BCUT2D eigenvalue weighted by molar-refractivity contribution is 0.302. The molecule has 0 N–H and O–H groups in total. The van der Waals surface area contributed by atoms with E-state index in [9.17, 15) is 4.79 Å².